The predicted octanol–water partition coefficient (Wildman–Crippen LogP) is 4.49. The third-order valence-electron chi connectivity index (χ3n) is 10.9. The lowest BCUT2D eigenvalue weighted by molar-refractivity contribution is -0.145. The summed E-state index contributed by atoms with van der Waals surface area (Å²) in [6.45, 7) is 11.2. The van der Waals surface area contributed by atoms with Crippen molar-refractivity contribution in [3.63, 3.8) is 0 Å². The number of ether oxygens (including phenoxy) is 15. The molecule has 1 saturated heterocycles. The van der Waals surface area contributed by atoms with Crippen molar-refractivity contribution in [2.75, 3.05) is 185 Å². The van der Waals surface area contributed by atoms with Crippen LogP contribution in [-0.4, -0.2) is 231 Å². The van der Waals surface area contributed by atoms with Gasteiger partial charge in [-0.05, 0) is 6.42 Å². The summed E-state index contributed by atoms with van der Waals surface area (Å²) in [4.78, 5) is 11.9. The van der Waals surface area contributed by atoms with Gasteiger partial charge in [-0.1, -0.05) is 96.8 Å². The minimum atomic E-state index is -0.540. The number of carbonyl (C=O) groups excluding carboxylic acids is 1. The van der Waals surface area contributed by atoms with E-state index in [9.17, 15) is 15.0 Å². The van der Waals surface area contributed by atoms with E-state index in [4.69, 9.17) is 76.2 Å². The smallest absolute Gasteiger partial charge is 0.305 e. The maximum atomic E-state index is 11.9. The van der Waals surface area contributed by atoms with Gasteiger partial charge >= 0.3 is 5.97 Å². The van der Waals surface area contributed by atoms with Crippen molar-refractivity contribution in [1.29, 1.82) is 0 Å². The highest BCUT2D eigenvalue weighted by molar-refractivity contribution is 5.69. The van der Waals surface area contributed by atoms with Crippen molar-refractivity contribution in [3.05, 3.63) is 0 Å². The van der Waals surface area contributed by atoms with Gasteiger partial charge in [-0.3, -0.25) is 4.79 Å². The molecule has 4 atom stereocenters. The number of aliphatic hydroxyl groups is 3. The second-order valence-corrected chi connectivity index (χ2v) is 16.6. The maximum Gasteiger partial charge on any atom is 0.305 e. The highest BCUT2D eigenvalue weighted by atomic mass is 16.6. The minimum Gasteiger partial charge on any atom is -0.463 e. The first-order valence-electron chi connectivity index (χ1n) is 26.4. The summed E-state index contributed by atoms with van der Waals surface area (Å²) in [5.74, 6) is -0.140. The van der Waals surface area contributed by atoms with Gasteiger partial charge in [0.25, 0.3) is 0 Å². The van der Waals surface area contributed by atoms with Crippen molar-refractivity contribution in [2.45, 2.75) is 134 Å². The van der Waals surface area contributed by atoms with Crippen molar-refractivity contribution in [3.8, 4) is 0 Å². The fraction of sp³-hybridized carbons (Fsp3) is 0.980. The van der Waals surface area contributed by atoms with Crippen LogP contribution in [0.25, 0.3) is 0 Å². The van der Waals surface area contributed by atoms with Crippen LogP contribution in [0.5, 0.6) is 0 Å². The first kappa shape index (κ1) is 65.8. The monoisotopic (exact) mass is 1000 g/mol. The number of carbonyl (C=O) groups is 1. The maximum absolute atomic E-state index is 11.9. The number of hydrogen-bond donors (Lipinski definition) is 3. The molecule has 1 fully saturated rings. The second kappa shape index (κ2) is 54.6. The van der Waals surface area contributed by atoms with Gasteiger partial charge in [-0.2, -0.15) is 0 Å². The molecule has 1 aliphatic heterocycles. The Morgan fingerprint density at radius 1 is 0.435 bits per heavy atom. The third-order valence-corrected chi connectivity index (χ3v) is 10.9. The van der Waals surface area contributed by atoms with Crippen molar-refractivity contribution < 1.29 is 91.2 Å². The first-order valence-corrected chi connectivity index (χ1v) is 26.4. The Morgan fingerprint density at radius 2 is 0.783 bits per heavy atom. The predicted molar refractivity (Wildman–Crippen MR) is 259 cm³/mol. The molecule has 0 aromatic rings. The zero-order valence-corrected chi connectivity index (χ0v) is 42.8. The zero-order chi connectivity index (χ0) is 49.6. The van der Waals surface area contributed by atoms with Crippen LogP contribution in [0, 0.1) is 0 Å². The molecule has 1 aliphatic rings. The summed E-state index contributed by atoms with van der Waals surface area (Å²) >= 11 is 0. The molecular weight excluding hydrogens is 905 g/mol. The average molecular weight is 1000 g/mol. The quantitative estimate of drug-likeness (QED) is 0.0565. The lowest BCUT2D eigenvalue weighted by Crippen LogP contribution is -2.45. The fourth-order valence-electron chi connectivity index (χ4n) is 7.21. The van der Waals surface area contributed by atoms with Gasteiger partial charge < -0.3 is 86.4 Å². The molecule has 0 bridgehead atoms. The molecule has 0 amide bonds. The molecule has 69 heavy (non-hydrogen) atoms. The number of hydrogen-bond acceptors (Lipinski definition) is 19. The van der Waals surface area contributed by atoms with Crippen LogP contribution >= 0.6 is 0 Å². The van der Waals surface area contributed by atoms with Crippen LogP contribution in [0.1, 0.15) is 110 Å². The van der Waals surface area contributed by atoms with Gasteiger partial charge in [0, 0.05) is 6.42 Å². The Kier molecular flexibility index (Phi) is 52.0. The highest BCUT2D eigenvalue weighted by Gasteiger charge is 2.44. The molecule has 3 N–H and O–H groups in total. The summed E-state index contributed by atoms with van der Waals surface area (Å²) in [5.41, 5.74) is 0. The van der Waals surface area contributed by atoms with Crippen LogP contribution in [0.3, 0.4) is 0 Å². The van der Waals surface area contributed by atoms with E-state index in [-0.39, 0.29) is 65.4 Å². The van der Waals surface area contributed by atoms with Gasteiger partial charge in [-0.25, -0.2) is 0 Å². The Balaban J connectivity index is 1.76. The van der Waals surface area contributed by atoms with Gasteiger partial charge in [0.15, 0.2) is 0 Å². The van der Waals surface area contributed by atoms with Crippen LogP contribution in [0.2, 0.25) is 0 Å². The Bertz CT molecular complexity index is 1020. The topological polar surface area (TPSA) is 216 Å². The van der Waals surface area contributed by atoms with E-state index in [2.05, 4.69) is 6.92 Å². The molecule has 19 nitrogen and oxygen atoms in total. The first-order chi connectivity index (χ1) is 34.2. The molecule has 0 aromatic carbocycles. The van der Waals surface area contributed by atoms with Crippen molar-refractivity contribution in [2.24, 2.45) is 0 Å². The Morgan fingerprint density at radius 3 is 1.17 bits per heavy atom. The van der Waals surface area contributed by atoms with Gasteiger partial charge in [0.05, 0.1) is 178 Å². The van der Waals surface area contributed by atoms with E-state index in [1.807, 2.05) is 0 Å². The number of rotatable bonds is 58. The minimum absolute atomic E-state index is 0.0964. The van der Waals surface area contributed by atoms with Crippen LogP contribution in [0.4, 0.5) is 0 Å². The van der Waals surface area contributed by atoms with E-state index in [0.29, 0.717) is 132 Å². The fourth-order valence-corrected chi connectivity index (χ4v) is 7.21. The molecule has 19 heteroatoms. The number of esters is 1. The van der Waals surface area contributed by atoms with Crippen molar-refractivity contribution in [1.82, 2.24) is 0 Å². The standard InChI is InChI=1S/C50H98O19/c1-2-3-4-5-6-7-8-9-10-11-12-13-14-15-16-17-48(54)67-43-42-63-39-38-61-35-34-59-31-30-57-27-26-55-24-25-56-28-29-58-32-33-60-36-37-62-40-41-64-44-46(65-21-18-51)50-49(68-23-20-53)47(45-69-50)66-22-19-52/h46-47,49-53H,2-45H2,1H3. The van der Waals surface area contributed by atoms with Crippen molar-refractivity contribution >= 4 is 5.97 Å². The van der Waals surface area contributed by atoms with E-state index >= 15 is 0 Å². The Labute approximate surface area is 415 Å². The third kappa shape index (κ3) is 44.0. The molecule has 0 aliphatic carbocycles. The molecule has 0 aromatic heterocycles. The normalized spacial score (nSPS) is 16.5. The molecule has 412 valence electrons. The zero-order valence-electron chi connectivity index (χ0n) is 42.8. The molecule has 1 rings (SSSR count). The van der Waals surface area contributed by atoms with E-state index < -0.39 is 24.4 Å². The molecule has 4 unspecified atom stereocenters. The molecular formula is C50H98O19. The van der Waals surface area contributed by atoms with Gasteiger partial charge in [0.2, 0.25) is 0 Å². The highest BCUT2D eigenvalue weighted by Crippen LogP contribution is 2.25. The largest absolute Gasteiger partial charge is 0.463 e. The number of unbranched alkanes of at least 4 members (excludes halogenated alkanes) is 14. The molecule has 0 spiro atoms. The Hall–Kier alpha value is -1.21. The summed E-state index contributed by atoms with van der Waals surface area (Å²) < 4.78 is 83.8. The number of aliphatic hydroxyl groups excluding tert-OH is 3. The molecule has 1 heterocycles. The average Bonchev–Trinajstić information content (AvgIpc) is 3.76. The van der Waals surface area contributed by atoms with Crippen LogP contribution < -0.4 is 0 Å². The summed E-state index contributed by atoms with van der Waals surface area (Å²) in [5, 5.41) is 27.6. The van der Waals surface area contributed by atoms with E-state index in [1.165, 1.54) is 83.5 Å². The lowest BCUT2D eigenvalue weighted by atomic mass is 10.0. The summed E-state index contributed by atoms with van der Waals surface area (Å²) in [6.07, 6.45) is 18.1. The summed E-state index contributed by atoms with van der Waals surface area (Å²) in [6, 6.07) is 0. The van der Waals surface area contributed by atoms with Gasteiger partial charge in [-0.15, -0.1) is 0 Å². The van der Waals surface area contributed by atoms with Gasteiger partial charge in [0.1, 0.15) is 31.0 Å². The second-order valence-electron chi connectivity index (χ2n) is 16.6. The lowest BCUT2D eigenvalue weighted by Gasteiger charge is -2.29. The summed E-state index contributed by atoms with van der Waals surface area (Å²) in [7, 11) is 0. The van der Waals surface area contributed by atoms with E-state index in [1.54, 1.807) is 0 Å². The van der Waals surface area contributed by atoms with Crippen LogP contribution in [-0.2, 0) is 75.8 Å². The molecule has 0 radical (unpaired) electrons. The van der Waals surface area contributed by atoms with E-state index in [0.717, 1.165) is 12.8 Å². The van der Waals surface area contributed by atoms with Crippen LogP contribution in [0.15, 0.2) is 0 Å². The SMILES string of the molecule is CCCCCCCCCCCCCCCCCC(=O)OCCOCCOCCOCCOCCOCCOCCOCCOCCOCCOCC(OCCO)C1OCC(OCCO)C1OCCO. The molecule has 0 saturated carbocycles.